The van der Waals surface area contributed by atoms with Crippen molar-refractivity contribution in [2.75, 3.05) is 0 Å². The highest BCUT2D eigenvalue weighted by Crippen LogP contribution is 2.50. The molecule has 0 heterocycles. The monoisotopic (exact) mass is 421 g/mol. The van der Waals surface area contributed by atoms with E-state index in [-0.39, 0.29) is 34.3 Å². The number of hydrogen-bond acceptors (Lipinski definition) is 3. The highest BCUT2D eigenvalue weighted by atomic mass is 16.2. The van der Waals surface area contributed by atoms with Gasteiger partial charge in [0.05, 0.1) is 0 Å². The Labute approximate surface area is 186 Å². The largest absolute Gasteiger partial charge is 0.351 e. The van der Waals surface area contributed by atoms with Gasteiger partial charge in [0.1, 0.15) is 17.5 Å². The van der Waals surface area contributed by atoms with Crippen LogP contribution in [0.25, 0.3) is 0 Å². The zero-order chi connectivity index (χ0) is 23.0. The Kier molecular flexibility index (Phi) is 6.46. The Morgan fingerprint density at radius 3 is 2.00 bits per heavy atom. The van der Waals surface area contributed by atoms with Crippen molar-refractivity contribution in [3.8, 4) is 11.8 Å². The van der Waals surface area contributed by atoms with Crippen molar-refractivity contribution in [2.24, 2.45) is 11.3 Å². The Morgan fingerprint density at radius 1 is 1.03 bits per heavy atom. The molecule has 31 heavy (non-hydrogen) atoms. The summed E-state index contributed by atoms with van der Waals surface area (Å²) >= 11 is 0. The molecule has 1 spiro atoms. The van der Waals surface area contributed by atoms with Gasteiger partial charge in [-0.2, -0.15) is 0 Å². The summed E-state index contributed by atoms with van der Waals surface area (Å²) in [4.78, 5) is 39.1. The molecule has 3 rings (SSSR count). The van der Waals surface area contributed by atoms with E-state index in [1.54, 1.807) is 6.92 Å². The normalized spacial score (nSPS) is 26.4. The minimum absolute atomic E-state index is 0.0236. The number of amides is 1. The molecule has 2 saturated carbocycles. The molecule has 1 aromatic carbocycles. The van der Waals surface area contributed by atoms with Gasteiger partial charge in [0, 0.05) is 29.9 Å². The number of carbonyl (C=O) groups excluding carboxylic acids is 3. The fourth-order valence-electron chi connectivity index (χ4n) is 5.47. The molecule has 0 aromatic heterocycles. The summed E-state index contributed by atoms with van der Waals surface area (Å²) in [5.41, 5.74) is 3.19. The molecule has 1 aromatic rings. The molecule has 166 valence electrons. The summed E-state index contributed by atoms with van der Waals surface area (Å²) in [5, 5.41) is 3.07. The Hall–Kier alpha value is -2.41. The van der Waals surface area contributed by atoms with Gasteiger partial charge < -0.3 is 5.32 Å². The second-order valence-electron chi connectivity index (χ2n) is 10.6. The van der Waals surface area contributed by atoms with Gasteiger partial charge in [-0.25, -0.2) is 0 Å². The maximum atomic E-state index is 13.3. The van der Waals surface area contributed by atoms with Gasteiger partial charge in [-0.3, -0.25) is 14.4 Å². The quantitative estimate of drug-likeness (QED) is 0.552. The van der Waals surface area contributed by atoms with Crippen molar-refractivity contribution < 1.29 is 14.4 Å². The third-order valence-electron chi connectivity index (χ3n) is 6.81. The number of ketones is 2. The zero-order valence-corrected chi connectivity index (χ0v) is 19.8. The van der Waals surface area contributed by atoms with Crippen molar-refractivity contribution in [2.45, 2.75) is 91.5 Å². The van der Waals surface area contributed by atoms with E-state index in [1.807, 2.05) is 46.8 Å². The molecular weight excluding hydrogens is 386 g/mol. The topological polar surface area (TPSA) is 63.2 Å². The molecule has 0 atom stereocenters. The molecule has 0 saturated heterocycles. The van der Waals surface area contributed by atoms with Crippen molar-refractivity contribution in [1.29, 1.82) is 0 Å². The predicted molar refractivity (Wildman–Crippen MR) is 123 cm³/mol. The maximum Gasteiger partial charge on any atom is 0.223 e. The molecule has 0 aliphatic heterocycles. The number of rotatable bonds is 2. The molecule has 0 radical (unpaired) electrons. The molecule has 1 N–H and O–H groups in total. The second kappa shape index (κ2) is 8.61. The summed E-state index contributed by atoms with van der Waals surface area (Å²) in [6.45, 7) is 11.7. The number of aryl methyl sites for hydroxylation is 2. The van der Waals surface area contributed by atoms with Crippen LogP contribution in [0.15, 0.2) is 12.1 Å². The van der Waals surface area contributed by atoms with Gasteiger partial charge in [-0.1, -0.05) is 5.92 Å². The van der Waals surface area contributed by atoms with Gasteiger partial charge in [0.2, 0.25) is 5.91 Å². The number of Topliss-reactive ketones (excluding diaryl/α,β-unsaturated/α-hetero) is 2. The SMILES string of the molecule is CC#Cc1cc(C)c(C2C(=O)CC3(CCC(C(=O)NC(C)(C)C)CC3)CC2=O)c(C)c1. The average Bonchev–Trinajstić information content (AvgIpc) is 2.62. The summed E-state index contributed by atoms with van der Waals surface area (Å²) in [6.07, 6.45) is 3.90. The van der Waals surface area contributed by atoms with Crippen LogP contribution >= 0.6 is 0 Å². The Bertz CT molecular complexity index is 919. The lowest BCUT2D eigenvalue weighted by Gasteiger charge is -2.43. The smallest absolute Gasteiger partial charge is 0.223 e. The zero-order valence-electron chi connectivity index (χ0n) is 19.8. The van der Waals surface area contributed by atoms with Gasteiger partial charge in [-0.15, -0.1) is 5.92 Å². The standard InChI is InChI=1S/C27H35NO3/c1-7-8-19-13-17(2)23(18(3)14-19)24-21(29)15-27(16-22(24)30)11-9-20(10-12-27)25(31)28-26(4,5)6/h13-14,20,24H,9-12,15-16H2,1-6H3,(H,28,31). The number of hydrogen-bond donors (Lipinski definition) is 1. The van der Waals surface area contributed by atoms with Crippen molar-refractivity contribution in [3.63, 3.8) is 0 Å². The lowest BCUT2D eigenvalue weighted by molar-refractivity contribution is -0.138. The Balaban J connectivity index is 1.74. The van der Waals surface area contributed by atoms with Crippen LogP contribution in [0.5, 0.6) is 0 Å². The van der Waals surface area contributed by atoms with Gasteiger partial charge in [-0.05, 0) is 101 Å². The fourth-order valence-corrected chi connectivity index (χ4v) is 5.47. The average molecular weight is 422 g/mol. The highest BCUT2D eigenvalue weighted by Gasteiger charge is 2.48. The van der Waals surface area contributed by atoms with E-state index >= 15 is 0 Å². The van der Waals surface area contributed by atoms with E-state index in [0.717, 1.165) is 47.9 Å². The maximum absolute atomic E-state index is 13.3. The first-order chi connectivity index (χ1) is 14.4. The summed E-state index contributed by atoms with van der Waals surface area (Å²) in [7, 11) is 0. The second-order valence-corrected chi connectivity index (χ2v) is 10.6. The molecule has 2 aliphatic rings. The van der Waals surface area contributed by atoms with E-state index in [4.69, 9.17) is 0 Å². The van der Waals surface area contributed by atoms with E-state index in [9.17, 15) is 14.4 Å². The van der Waals surface area contributed by atoms with Gasteiger partial charge in [0.15, 0.2) is 0 Å². The first-order valence-electron chi connectivity index (χ1n) is 11.4. The molecule has 1 amide bonds. The molecule has 4 heteroatoms. The van der Waals surface area contributed by atoms with Crippen LogP contribution in [0.3, 0.4) is 0 Å². The van der Waals surface area contributed by atoms with Crippen LogP contribution in [0.2, 0.25) is 0 Å². The summed E-state index contributed by atoms with van der Waals surface area (Å²) in [6, 6.07) is 3.95. The van der Waals surface area contributed by atoms with Crippen LogP contribution in [-0.4, -0.2) is 23.0 Å². The van der Waals surface area contributed by atoms with Crippen molar-refractivity contribution in [1.82, 2.24) is 5.32 Å². The summed E-state index contributed by atoms with van der Waals surface area (Å²) in [5.74, 6) is 5.45. The first kappa shape index (κ1) is 23.3. The van der Waals surface area contributed by atoms with Gasteiger partial charge in [0.25, 0.3) is 0 Å². The Morgan fingerprint density at radius 2 is 1.55 bits per heavy atom. The minimum atomic E-state index is -0.656. The third-order valence-corrected chi connectivity index (χ3v) is 6.81. The molecule has 0 unspecified atom stereocenters. The van der Waals surface area contributed by atoms with Crippen LogP contribution in [0, 0.1) is 37.0 Å². The minimum Gasteiger partial charge on any atom is -0.351 e. The third kappa shape index (κ3) is 5.09. The van der Waals surface area contributed by atoms with Gasteiger partial charge >= 0.3 is 0 Å². The van der Waals surface area contributed by atoms with Crippen molar-refractivity contribution in [3.05, 3.63) is 34.4 Å². The van der Waals surface area contributed by atoms with Crippen LogP contribution in [-0.2, 0) is 14.4 Å². The number of benzene rings is 1. The van der Waals surface area contributed by atoms with Crippen LogP contribution in [0.4, 0.5) is 0 Å². The van der Waals surface area contributed by atoms with Crippen LogP contribution < -0.4 is 5.32 Å². The molecule has 0 bridgehead atoms. The lowest BCUT2D eigenvalue weighted by atomic mass is 9.59. The van der Waals surface area contributed by atoms with E-state index in [2.05, 4.69) is 17.2 Å². The lowest BCUT2D eigenvalue weighted by Crippen LogP contribution is -2.47. The number of nitrogens with one attached hydrogen (secondary N) is 1. The van der Waals surface area contributed by atoms with Crippen molar-refractivity contribution >= 4 is 17.5 Å². The fraction of sp³-hybridized carbons (Fsp3) is 0.593. The number of carbonyl (C=O) groups is 3. The van der Waals surface area contributed by atoms with Crippen LogP contribution in [0.1, 0.15) is 94.4 Å². The van der Waals surface area contributed by atoms with E-state index in [1.165, 1.54) is 0 Å². The molecule has 2 fully saturated rings. The summed E-state index contributed by atoms with van der Waals surface area (Å²) < 4.78 is 0. The van der Waals surface area contributed by atoms with E-state index in [0.29, 0.717) is 12.8 Å². The highest BCUT2D eigenvalue weighted by molar-refractivity contribution is 6.10. The molecule has 4 nitrogen and oxygen atoms in total. The first-order valence-corrected chi connectivity index (χ1v) is 11.4. The molecule has 2 aliphatic carbocycles. The van der Waals surface area contributed by atoms with E-state index < -0.39 is 5.92 Å². The predicted octanol–water partition coefficient (Wildman–Crippen LogP) is 4.78. The molecular formula is C27H35NO3.